The lowest BCUT2D eigenvalue weighted by Gasteiger charge is -2.62. The molecule has 5 amide bonds. The van der Waals surface area contributed by atoms with E-state index in [-0.39, 0.29) is 61.2 Å². The maximum atomic E-state index is 15.5. The van der Waals surface area contributed by atoms with Crippen molar-refractivity contribution in [2.75, 3.05) is 13.1 Å². The fourth-order valence-electron chi connectivity index (χ4n) is 9.57. The second-order valence-electron chi connectivity index (χ2n) is 16.1. The van der Waals surface area contributed by atoms with Crippen molar-refractivity contribution in [2.45, 2.75) is 114 Å². The second-order valence-corrected chi connectivity index (χ2v) is 16.1. The highest BCUT2D eigenvalue weighted by Gasteiger charge is 2.65. The second kappa shape index (κ2) is 17.6. The van der Waals surface area contributed by atoms with Crippen LogP contribution in [-0.2, 0) is 36.8 Å². The molecule has 2 aliphatic carbocycles. The predicted octanol–water partition coefficient (Wildman–Crippen LogP) is 2.94. The summed E-state index contributed by atoms with van der Waals surface area (Å²) in [5.41, 5.74) is 1.53. The lowest BCUT2D eigenvalue weighted by molar-refractivity contribution is -0.183. The van der Waals surface area contributed by atoms with Crippen LogP contribution in [0.15, 0.2) is 55.5 Å². The van der Waals surface area contributed by atoms with Crippen molar-refractivity contribution < 1.29 is 28.8 Å². The van der Waals surface area contributed by atoms with Crippen LogP contribution < -0.4 is 16.0 Å². The van der Waals surface area contributed by atoms with E-state index in [4.69, 9.17) is 6.42 Å². The Labute approximate surface area is 328 Å². The molecule has 5 atom stereocenters. The number of β-lactam (4-membered cyclic amide) rings is 1. The molecule has 3 N–H and O–H groups in total. The highest BCUT2D eigenvalue weighted by molar-refractivity contribution is 6.38. The molecule has 0 bridgehead atoms. The summed E-state index contributed by atoms with van der Waals surface area (Å²) in [6.07, 6.45) is 17.6. The molecule has 1 spiro atoms. The Bertz CT molecular complexity index is 1840. The minimum atomic E-state index is -1.19. The van der Waals surface area contributed by atoms with Crippen molar-refractivity contribution in [1.82, 2.24) is 35.7 Å². The smallest absolute Gasteiger partial charge is 0.289 e. The van der Waals surface area contributed by atoms with E-state index >= 15 is 4.79 Å². The first kappa shape index (κ1) is 40.3. The lowest BCUT2D eigenvalue weighted by Crippen LogP contribution is -2.83. The standard InChI is InChI=1S/C43H53N7O6/c1-5-7-15-32(36(51)40(54)46-19-6-2)47-39(53)34-30(23-27(3)4)16-22-49(34)41(55)35(31-24-28-13-9-10-14-29(28)25-31)50-42(56)37(43(50)17-11-8-12-18-43)48-38(52)33-26-44-20-21-45-33/h1,6,9-10,13-14,20-21,26-27,30-32,34-35,37H,2,7-8,11-12,15-19,22-25H2,3-4H3,(H,46,54)(H,47,53)(H,48,52)/t30-,32?,34+,35+,37-/m1/s1. The van der Waals surface area contributed by atoms with Crippen LogP contribution in [-0.4, -0.2) is 97.9 Å². The number of benzene rings is 1. The molecule has 296 valence electrons. The molecule has 56 heavy (non-hydrogen) atoms. The molecule has 1 saturated carbocycles. The Morgan fingerprint density at radius 1 is 1.07 bits per heavy atom. The summed E-state index contributed by atoms with van der Waals surface area (Å²) in [4.78, 5) is 95.6. The Kier molecular flexibility index (Phi) is 12.7. The summed E-state index contributed by atoms with van der Waals surface area (Å²) in [6, 6.07) is 4.16. The fourth-order valence-corrected chi connectivity index (χ4v) is 9.57. The SMILES string of the molecule is C#CCCC(NC(=O)[C@@H]1[C@@H](CC(C)C)CCN1C(=O)[C@H](C1Cc2ccccc2C1)N1C(=O)[C@@H](NC(=O)c2cnccn2)C12CCCCC2)C(=O)C(=O)NCC=C. The van der Waals surface area contributed by atoms with Crippen molar-refractivity contribution in [3.05, 3.63) is 72.3 Å². The number of hydrogen-bond acceptors (Lipinski definition) is 8. The number of nitrogens with one attached hydrogen (secondary N) is 3. The van der Waals surface area contributed by atoms with E-state index in [0.717, 1.165) is 30.4 Å². The summed E-state index contributed by atoms with van der Waals surface area (Å²) < 4.78 is 0. The first-order chi connectivity index (χ1) is 27.0. The molecule has 3 heterocycles. The van der Waals surface area contributed by atoms with Gasteiger partial charge in [0.1, 0.15) is 23.8 Å². The van der Waals surface area contributed by atoms with Gasteiger partial charge in [-0.05, 0) is 73.8 Å². The summed E-state index contributed by atoms with van der Waals surface area (Å²) >= 11 is 0. The molecule has 6 rings (SSSR count). The molecule has 1 aromatic carbocycles. The van der Waals surface area contributed by atoms with Gasteiger partial charge in [0.15, 0.2) is 0 Å². The molecule has 1 unspecified atom stereocenters. The average molecular weight is 764 g/mol. The molecule has 0 radical (unpaired) electrons. The maximum Gasteiger partial charge on any atom is 0.289 e. The zero-order valence-electron chi connectivity index (χ0n) is 32.4. The molecule has 1 aromatic heterocycles. The van der Waals surface area contributed by atoms with Gasteiger partial charge in [-0.2, -0.15) is 0 Å². The lowest BCUT2D eigenvalue weighted by atomic mass is 9.66. The fraction of sp³-hybridized carbons (Fsp3) is 0.535. The van der Waals surface area contributed by atoms with Crippen molar-refractivity contribution in [2.24, 2.45) is 17.8 Å². The third kappa shape index (κ3) is 8.11. The zero-order valence-corrected chi connectivity index (χ0v) is 32.4. The van der Waals surface area contributed by atoms with E-state index < -0.39 is 53.2 Å². The molecule has 2 aliphatic heterocycles. The number of rotatable bonds is 15. The van der Waals surface area contributed by atoms with Gasteiger partial charge in [-0.3, -0.25) is 33.8 Å². The first-order valence-electron chi connectivity index (χ1n) is 19.9. The van der Waals surface area contributed by atoms with E-state index in [9.17, 15) is 24.0 Å². The number of amides is 5. The predicted molar refractivity (Wildman–Crippen MR) is 208 cm³/mol. The molecule has 2 saturated heterocycles. The number of likely N-dealkylation sites (tertiary alicyclic amines) is 2. The molecule has 2 aromatic rings. The third-order valence-corrected chi connectivity index (χ3v) is 12.0. The van der Waals surface area contributed by atoms with Gasteiger partial charge in [0, 0.05) is 31.9 Å². The van der Waals surface area contributed by atoms with E-state index in [0.29, 0.717) is 38.5 Å². The first-order valence-corrected chi connectivity index (χ1v) is 19.9. The number of carbonyl (C=O) groups excluding carboxylic acids is 6. The third-order valence-electron chi connectivity index (χ3n) is 12.0. The topological polar surface area (TPSA) is 171 Å². The van der Waals surface area contributed by atoms with Gasteiger partial charge in [-0.1, -0.05) is 63.5 Å². The highest BCUT2D eigenvalue weighted by Crippen LogP contribution is 2.49. The van der Waals surface area contributed by atoms with E-state index in [1.807, 2.05) is 12.1 Å². The molecule has 3 fully saturated rings. The minimum Gasteiger partial charge on any atom is -0.346 e. The van der Waals surface area contributed by atoms with Crippen LogP contribution >= 0.6 is 0 Å². The number of terminal acetylenes is 1. The highest BCUT2D eigenvalue weighted by atomic mass is 16.2. The monoisotopic (exact) mass is 763 g/mol. The van der Waals surface area contributed by atoms with Gasteiger partial charge in [0.25, 0.3) is 11.8 Å². The van der Waals surface area contributed by atoms with E-state index in [1.165, 1.54) is 24.7 Å². The van der Waals surface area contributed by atoms with Gasteiger partial charge in [0.2, 0.25) is 23.5 Å². The maximum absolute atomic E-state index is 15.5. The number of aromatic nitrogens is 2. The van der Waals surface area contributed by atoms with Crippen molar-refractivity contribution >= 4 is 35.3 Å². The van der Waals surface area contributed by atoms with Gasteiger partial charge < -0.3 is 25.8 Å². The number of carbonyl (C=O) groups is 6. The van der Waals surface area contributed by atoms with E-state index in [1.54, 1.807) is 9.80 Å². The Hall–Kier alpha value is -5.38. The molecular formula is C43H53N7O6. The normalized spacial score (nSPS) is 22.4. The summed E-state index contributed by atoms with van der Waals surface area (Å²) in [6.45, 7) is 8.06. The van der Waals surface area contributed by atoms with Crippen LogP contribution in [0.4, 0.5) is 0 Å². The van der Waals surface area contributed by atoms with Crippen LogP contribution in [0, 0.1) is 30.1 Å². The summed E-state index contributed by atoms with van der Waals surface area (Å²) in [5, 5.41) is 8.28. The zero-order chi connectivity index (χ0) is 40.0. The van der Waals surface area contributed by atoms with Crippen molar-refractivity contribution in [1.29, 1.82) is 0 Å². The van der Waals surface area contributed by atoms with Gasteiger partial charge >= 0.3 is 0 Å². The van der Waals surface area contributed by atoms with Crippen LogP contribution in [0.3, 0.4) is 0 Å². The summed E-state index contributed by atoms with van der Waals surface area (Å²) in [5.74, 6) is -1.17. The van der Waals surface area contributed by atoms with Crippen LogP contribution in [0.1, 0.15) is 93.3 Å². The van der Waals surface area contributed by atoms with Crippen LogP contribution in [0.2, 0.25) is 0 Å². The van der Waals surface area contributed by atoms with Crippen LogP contribution in [0.25, 0.3) is 0 Å². The largest absolute Gasteiger partial charge is 0.346 e. The summed E-state index contributed by atoms with van der Waals surface area (Å²) in [7, 11) is 0. The number of fused-ring (bicyclic) bond motifs is 1. The van der Waals surface area contributed by atoms with Gasteiger partial charge in [-0.15, -0.1) is 18.9 Å². The molecule has 13 nitrogen and oxygen atoms in total. The number of nitrogens with zero attached hydrogens (tertiary/aromatic N) is 4. The Balaban J connectivity index is 1.35. The van der Waals surface area contributed by atoms with Crippen molar-refractivity contribution in [3.63, 3.8) is 0 Å². The van der Waals surface area contributed by atoms with Crippen LogP contribution in [0.5, 0.6) is 0 Å². The number of ketones is 1. The van der Waals surface area contributed by atoms with Gasteiger partial charge in [-0.25, -0.2) is 4.98 Å². The number of hydrogen-bond donors (Lipinski definition) is 3. The minimum absolute atomic E-state index is 0.0491. The van der Waals surface area contributed by atoms with Crippen molar-refractivity contribution in [3.8, 4) is 12.3 Å². The molecule has 4 aliphatic rings. The molecule has 13 heteroatoms. The quantitative estimate of drug-likeness (QED) is 0.108. The number of Topliss-reactive ketones (excluding diaryl/α,β-unsaturated/α-hetero) is 1. The Morgan fingerprint density at radius 3 is 2.41 bits per heavy atom. The Morgan fingerprint density at radius 2 is 1.79 bits per heavy atom. The van der Waals surface area contributed by atoms with Gasteiger partial charge in [0.05, 0.1) is 17.8 Å². The average Bonchev–Trinajstić information content (AvgIpc) is 3.83. The van der Waals surface area contributed by atoms with E-state index in [2.05, 4.69) is 64.4 Å². The molecular weight excluding hydrogens is 711 g/mol.